The third-order valence-corrected chi connectivity index (χ3v) is 6.14. The second kappa shape index (κ2) is 13.3. The van der Waals surface area contributed by atoms with E-state index < -0.39 is 18.0 Å². The van der Waals surface area contributed by atoms with Gasteiger partial charge < -0.3 is 10.6 Å². The number of nitrogens with one attached hydrogen (secondary N) is 3. The van der Waals surface area contributed by atoms with Gasteiger partial charge in [-0.2, -0.15) is 0 Å². The first kappa shape index (κ1) is 27.5. The largest absolute Gasteiger partial charge is 0.344 e. The van der Waals surface area contributed by atoms with Crippen LogP contribution in [0, 0.1) is 0 Å². The number of carbonyl (C=O) groups excluding carboxylic acids is 3. The maximum atomic E-state index is 13.0. The van der Waals surface area contributed by atoms with E-state index in [1.165, 1.54) is 10.6 Å². The molecule has 2 aromatic carbocycles. The Labute approximate surface area is 218 Å². The lowest BCUT2D eigenvalue weighted by atomic mass is 10.0. The molecule has 0 saturated heterocycles. The van der Waals surface area contributed by atoms with Gasteiger partial charge >= 0.3 is 0 Å². The maximum absolute atomic E-state index is 13.0. The van der Waals surface area contributed by atoms with Crippen molar-refractivity contribution in [1.82, 2.24) is 26.1 Å². The zero-order valence-corrected chi connectivity index (χ0v) is 21.8. The van der Waals surface area contributed by atoms with Gasteiger partial charge in [-0.3, -0.25) is 24.4 Å². The van der Waals surface area contributed by atoms with Gasteiger partial charge in [0.2, 0.25) is 11.8 Å². The number of hydrazine groups is 1. The molecule has 0 aliphatic carbocycles. The fourth-order valence-corrected chi connectivity index (χ4v) is 3.89. The lowest BCUT2D eigenvalue weighted by Crippen LogP contribution is -2.54. The number of benzene rings is 2. The monoisotopic (exact) mass is 501 g/mol. The van der Waals surface area contributed by atoms with Crippen molar-refractivity contribution >= 4 is 34.6 Å². The number of pyridine rings is 1. The number of likely N-dealkylation sites (N-methyl/N-ethyl adjacent to an activating group) is 1. The minimum atomic E-state index is -0.829. The van der Waals surface area contributed by atoms with Crippen LogP contribution in [0.4, 0.5) is 0 Å². The minimum Gasteiger partial charge on any atom is -0.344 e. The molecule has 1 heterocycles. The molecule has 0 aliphatic heterocycles. The van der Waals surface area contributed by atoms with Crippen LogP contribution in [0.15, 0.2) is 66.9 Å². The van der Waals surface area contributed by atoms with Crippen molar-refractivity contribution in [1.29, 1.82) is 0 Å². The van der Waals surface area contributed by atoms with Gasteiger partial charge in [0.1, 0.15) is 12.1 Å². The van der Waals surface area contributed by atoms with E-state index in [2.05, 4.69) is 46.2 Å². The van der Waals surface area contributed by atoms with Gasteiger partial charge in [-0.25, -0.2) is 5.43 Å². The van der Waals surface area contributed by atoms with Crippen LogP contribution in [-0.2, 0) is 27.2 Å². The van der Waals surface area contributed by atoms with Crippen molar-refractivity contribution in [3.8, 4) is 0 Å². The highest BCUT2D eigenvalue weighted by Crippen LogP contribution is 2.17. The highest BCUT2D eigenvalue weighted by molar-refractivity contribution is 5.92. The fraction of sp³-hybridized carbons (Fsp3) is 0.310. The molecule has 37 heavy (non-hydrogen) atoms. The molecule has 3 N–H and O–H groups in total. The quantitative estimate of drug-likeness (QED) is 0.351. The lowest BCUT2D eigenvalue weighted by molar-refractivity contribution is -0.137. The van der Waals surface area contributed by atoms with E-state index in [9.17, 15) is 14.4 Å². The number of carbonyl (C=O) groups is 3. The molecule has 0 spiro atoms. The summed E-state index contributed by atoms with van der Waals surface area (Å²) in [6, 6.07) is 16.1. The Morgan fingerprint density at radius 2 is 1.76 bits per heavy atom. The topological polar surface area (TPSA) is 103 Å². The molecule has 3 aromatic rings. The Balaban J connectivity index is 1.66. The third-order valence-electron chi connectivity index (χ3n) is 6.14. The number of fused-ring (bicyclic) bond motifs is 1. The van der Waals surface area contributed by atoms with E-state index in [4.69, 9.17) is 0 Å². The predicted molar refractivity (Wildman–Crippen MR) is 146 cm³/mol. The van der Waals surface area contributed by atoms with Crippen molar-refractivity contribution in [2.45, 2.75) is 45.2 Å². The first-order valence-corrected chi connectivity index (χ1v) is 12.4. The average molecular weight is 502 g/mol. The highest BCUT2D eigenvalue weighted by Gasteiger charge is 2.25. The second-order valence-electron chi connectivity index (χ2n) is 8.91. The van der Waals surface area contributed by atoms with Gasteiger partial charge in [0.15, 0.2) is 0 Å². The van der Waals surface area contributed by atoms with Crippen LogP contribution in [0.5, 0.6) is 0 Å². The molecule has 194 valence electrons. The van der Waals surface area contributed by atoms with Gasteiger partial charge in [0.25, 0.3) is 5.91 Å². The summed E-state index contributed by atoms with van der Waals surface area (Å²) in [7, 11) is 3.20. The minimum absolute atomic E-state index is 0.0876. The average Bonchev–Trinajstić information content (AvgIpc) is 2.91. The predicted octanol–water partition coefficient (Wildman–Crippen LogP) is 3.03. The molecule has 0 bridgehead atoms. The summed E-state index contributed by atoms with van der Waals surface area (Å²) in [6.45, 7) is 3.73. The first-order chi connectivity index (χ1) is 17.8. The van der Waals surface area contributed by atoms with Crippen molar-refractivity contribution in [3.63, 3.8) is 0 Å². The van der Waals surface area contributed by atoms with Crippen LogP contribution < -0.4 is 16.1 Å². The van der Waals surface area contributed by atoms with E-state index in [1.807, 2.05) is 42.6 Å². The Hall–Kier alpha value is -4.04. The van der Waals surface area contributed by atoms with E-state index in [1.54, 1.807) is 33.2 Å². The van der Waals surface area contributed by atoms with E-state index >= 15 is 0 Å². The summed E-state index contributed by atoms with van der Waals surface area (Å²) < 4.78 is 0. The zero-order valence-electron chi connectivity index (χ0n) is 21.8. The number of rotatable bonds is 11. The van der Waals surface area contributed by atoms with Crippen LogP contribution in [0.1, 0.15) is 37.1 Å². The van der Waals surface area contributed by atoms with E-state index in [-0.39, 0.29) is 18.2 Å². The molecule has 2 unspecified atom stereocenters. The molecule has 0 saturated carbocycles. The SMILES string of the molecule is CCc1ccc2cnc(C=CCC(=O)NC(Cc3ccccc3)C(=O)NC(C)C(=O)N(C)NC)cc2c1. The number of amides is 3. The van der Waals surface area contributed by atoms with Gasteiger partial charge in [0, 0.05) is 38.5 Å². The summed E-state index contributed by atoms with van der Waals surface area (Å²) >= 11 is 0. The number of aryl methyl sites for hydroxylation is 1. The zero-order chi connectivity index (χ0) is 26.8. The molecule has 1 aromatic heterocycles. The summed E-state index contributed by atoms with van der Waals surface area (Å²) in [5, 5.41) is 9.00. The molecular formula is C29H35N5O3. The number of hydrogen-bond acceptors (Lipinski definition) is 5. The highest BCUT2D eigenvalue weighted by atomic mass is 16.2. The van der Waals surface area contributed by atoms with Crippen LogP contribution in [-0.4, -0.2) is 53.9 Å². The number of nitrogens with zero attached hydrogens (tertiary/aromatic N) is 2. The van der Waals surface area contributed by atoms with Crippen LogP contribution >= 0.6 is 0 Å². The molecule has 3 amide bonds. The molecular weight excluding hydrogens is 466 g/mol. The lowest BCUT2D eigenvalue weighted by Gasteiger charge is -2.24. The van der Waals surface area contributed by atoms with Crippen LogP contribution in [0.3, 0.4) is 0 Å². The molecule has 3 rings (SSSR count). The Kier molecular flexibility index (Phi) is 9.92. The Bertz CT molecular complexity index is 1260. The third kappa shape index (κ3) is 7.98. The second-order valence-corrected chi connectivity index (χ2v) is 8.91. The smallest absolute Gasteiger partial charge is 0.258 e. The van der Waals surface area contributed by atoms with E-state index in [0.29, 0.717) is 6.42 Å². The molecule has 0 fully saturated rings. The summed E-state index contributed by atoms with van der Waals surface area (Å²) in [5.74, 6) is -1.01. The van der Waals surface area contributed by atoms with Gasteiger partial charge in [-0.15, -0.1) is 0 Å². The summed E-state index contributed by atoms with van der Waals surface area (Å²) in [5.41, 5.74) is 5.63. The van der Waals surface area contributed by atoms with Crippen molar-refractivity contribution < 1.29 is 14.4 Å². The molecule has 8 nitrogen and oxygen atoms in total. The van der Waals surface area contributed by atoms with E-state index in [0.717, 1.165) is 28.5 Å². The van der Waals surface area contributed by atoms with Crippen molar-refractivity contribution in [2.75, 3.05) is 14.1 Å². The normalized spacial score (nSPS) is 12.8. The van der Waals surface area contributed by atoms with Crippen LogP contribution in [0.25, 0.3) is 16.8 Å². The molecule has 8 heteroatoms. The van der Waals surface area contributed by atoms with Crippen molar-refractivity contribution in [2.24, 2.45) is 0 Å². The standard InChI is InChI=1S/C29H35N5O3/c1-5-21-14-15-23-19-31-25(18-24(23)16-21)12-9-13-27(35)33-26(17-22-10-7-6-8-11-22)28(36)32-20(2)29(37)34(4)30-3/h6-12,14-16,18-20,26,30H,5,13,17H2,1-4H3,(H,32,36)(H,33,35). The molecule has 2 atom stereocenters. The van der Waals surface area contributed by atoms with Gasteiger partial charge in [-0.05, 0) is 42.0 Å². The Morgan fingerprint density at radius 3 is 2.46 bits per heavy atom. The molecule has 0 radical (unpaired) electrons. The van der Waals surface area contributed by atoms with Gasteiger partial charge in [-0.1, -0.05) is 61.5 Å². The van der Waals surface area contributed by atoms with Crippen LogP contribution in [0.2, 0.25) is 0 Å². The fourth-order valence-electron chi connectivity index (χ4n) is 3.89. The van der Waals surface area contributed by atoms with Gasteiger partial charge in [0.05, 0.1) is 5.69 Å². The first-order valence-electron chi connectivity index (χ1n) is 12.4. The Morgan fingerprint density at radius 1 is 1.00 bits per heavy atom. The van der Waals surface area contributed by atoms with Crippen molar-refractivity contribution in [3.05, 3.63) is 83.7 Å². The number of hydrogen-bond donors (Lipinski definition) is 3. The molecule has 0 aliphatic rings. The maximum Gasteiger partial charge on any atom is 0.258 e. The summed E-state index contributed by atoms with van der Waals surface area (Å²) in [4.78, 5) is 42.6. The number of aromatic nitrogens is 1. The summed E-state index contributed by atoms with van der Waals surface area (Å²) in [6.07, 6.45) is 6.71.